The van der Waals surface area contributed by atoms with E-state index in [1.807, 2.05) is 6.92 Å². The largest absolute Gasteiger partial charge is 0.482 e. The molecule has 0 aromatic heterocycles. The van der Waals surface area contributed by atoms with E-state index in [-0.39, 0.29) is 11.3 Å². The van der Waals surface area contributed by atoms with Crippen LogP contribution in [0.25, 0.3) is 0 Å². The number of hydrogen-bond donors (Lipinski definition) is 3. The second-order valence-corrected chi connectivity index (χ2v) is 5.68. The van der Waals surface area contributed by atoms with Crippen LogP contribution >= 0.6 is 0 Å². The topological polar surface area (TPSA) is 136 Å². The van der Waals surface area contributed by atoms with E-state index < -0.39 is 33.4 Å². The second kappa shape index (κ2) is 7.04. The molecule has 0 atom stereocenters. The molecule has 21 heavy (non-hydrogen) atoms. The number of nitrogens with two attached hydrogens (primary N) is 1. The summed E-state index contributed by atoms with van der Waals surface area (Å²) >= 11 is 0. The lowest BCUT2D eigenvalue weighted by Crippen LogP contribution is -2.29. The molecule has 1 aromatic rings. The van der Waals surface area contributed by atoms with Gasteiger partial charge in [-0.3, -0.25) is 4.79 Å². The molecule has 0 spiro atoms. The summed E-state index contributed by atoms with van der Waals surface area (Å²) in [6.45, 7) is 1.96. The van der Waals surface area contributed by atoms with Crippen LogP contribution in [0.4, 0.5) is 0 Å². The van der Waals surface area contributed by atoms with Crippen molar-refractivity contribution in [1.82, 2.24) is 5.32 Å². The SMILES string of the molecule is CCCNC(=O)COc1ccc(C(=O)O)cc1S(N)(=O)=O. The average Bonchev–Trinajstić information content (AvgIpc) is 2.41. The van der Waals surface area contributed by atoms with Gasteiger partial charge in [-0.25, -0.2) is 18.4 Å². The number of nitrogens with one attached hydrogen (secondary N) is 1. The van der Waals surface area contributed by atoms with Gasteiger partial charge in [-0.05, 0) is 24.6 Å². The fraction of sp³-hybridized carbons (Fsp3) is 0.333. The Bertz CT molecular complexity index is 641. The Labute approximate surface area is 122 Å². The molecule has 1 amide bonds. The van der Waals surface area contributed by atoms with Crippen molar-refractivity contribution in [1.29, 1.82) is 0 Å². The number of carbonyl (C=O) groups is 2. The van der Waals surface area contributed by atoms with Crippen LogP contribution in [0.1, 0.15) is 23.7 Å². The molecule has 9 heteroatoms. The average molecular weight is 316 g/mol. The summed E-state index contributed by atoms with van der Waals surface area (Å²) in [5.74, 6) is -1.89. The normalized spacial score (nSPS) is 11.0. The van der Waals surface area contributed by atoms with Gasteiger partial charge in [0.1, 0.15) is 10.6 Å². The summed E-state index contributed by atoms with van der Waals surface area (Å²) in [5.41, 5.74) is -0.248. The highest BCUT2D eigenvalue weighted by molar-refractivity contribution is 7.89. The van der Waals surface area contributed by atoms with E-state index in [1.165, 1.54) is 0 Å². The van der Waals surface area contributed by atoms with E-state index in [0.717, 1.165) is 24.6 Å². The molecule has 0 bridgehead atoms. The number of primary sulfonamides is 1. The molecule has 0 heterocycles. The van der Waals surface area contributed by atoms with Gasteiger partial charge in [-0.15, -0.1) is 0 Å². The van der Waals surface area contributed by atoms with E-state index >= 15 is 0 Å². The second-order valence-electron chi connectivity index (χ2n) is 4.15. The molecule has 0 radical (unpaired) electrons. The molecule has 0 fully saturated rings. The van der Waals surface area contributed by atoms with Crippen LogP contribution < -0.4 is 15.2 Å². The Morgan fingerprint density at radius 2 is 2.05 bits per heavy atom. The van der Waals surface area contributed by atoms with E-state index in [4.69, 9.17) is 15.0 Å². The molecule has 0 saturated heterocycles. The molecule has 0 aliphatic rings. The zero-order valence-corrected chi connectivity index (χ0v) is 12.1. The van der Waals surface area contributed by atoms with Gasteiger partial charge in [-0.1, -0.05) is 6.92 Å². The Morgan fingerprint density at radius 1 is 1.38 bits per heavy atom. The molecule has 1 rings (SSSR count). The number of ether oxygens (including phenoxy) is 1. The van der Waals surface area contributed by atoms with Gasteiger partial charge in [-0.2, -0.15) is 0 Å². The summed E-state index contributed by atoms with van der Waals surface area (Å²) in [7, 11) is -4.17. The zero-order chi connectivity index (χ0) is 16.0. The van der Waals surface area contributed by atoms with E-state index in [9.17, 15) is 18.0 Å². The van der Waals surface area contributed by atoms with Crippen LogP contribution in [-0.2, 0) is 14.8 Å². The lowest BCUT2D eigenvalue weighted by Gasteiger charge is -2.11. The third-order valence-electron chi connectivity index (χ3n) is 2.43. The number of sulfonamides is 1. The smallest absolute Gasteiger partial charge is 0.335 e. The number of amides is 1. The predicted molar refractivity (Wildman–Crippen MR) is 73.6 cm³/mol. The summed E-state index contributed by atoms with van der Waals surface area (Å²) < 4.78 is 28.0. The lowest BCUT2D eigenvalue weighted by molar-refractivity contribution is -0.123. The minimum absolute atomic E-state index is 0.172. The molecular weight excluding hydrogens is 300 g/mol. The van der Waals surface area contributed by atoms with E-state index in [0.29, 0.717) is 6.54 Å². The highest BCUT2D eigenvalue weighted by Gasteiger charge is 2.19. The molecule has 116 valence electrons. The number of carboxylic acids is 1. The number of rotatable bonds is 7. The fourth-order valence-electron chi connectivity index (χ4n) is 1.44. The molecule has 8 nitrogen and oxygen atoms in total. The standard InChI is InChI=1S/C12H16N2O6S/c1-2-5-14-11(15)7-20-9-4-3-8(12(16)17)6-10(9)21(13,18)19/h3-4,6H,2,5,7H2,1H3,(H,14,15)(H,16,17)(H2,13,18,19). The molecule has 0 unspecified atom stereocenters. The number of benzene rings is 1. The van der Waals surface area contributed by atoms with Crippen molar-refractivity contribution in [2.45, 2.75) is 18.2 Å². The third kappa shape index (κ3) is 5.04. The van der Waals surface area contributed by atoms with Crippen molar-refractivity contribution in [2.75, 3.05) is 13.2 Å². The first-order chi connectivity index (χ1) is 9.75. The first kappa shape index (κ1) is 16.9. The Hall–Kier alpha value is -2.13. The van der Waals surface area contributed by atoms with Crippen LogP contribution in [0, 0.1) is 0 Å². The summed E-state index contributed by atoms with van der Waals surface area (Å²) in [4.78, 5) is 21.8. The van der Waals surface area contributed by atoms with Crippen molar-refractivity contribution in [3.63, 3.8) is 0 Å². The summed E-state index contributed by atoms with van der Waals surface area (Å²) in [5, 5.41) is 16.4. The first-order valence-corrected chi connectivity index (χ1v) is 7.60. The van der Waals surface area contributed by atoms with Crippen LogP contribution in [0.15, 0.2) is 23.1 Å². The Kier molecular flexibility index (Phi) is 5.68. The van der Waals surface area contributed by atoms with Crippen molar-refractivity contribution in [3.8, 4) is 5.75 Å². The Balaban J connectivity index is 2.97. The number of carboxylic acid groups (broad SMARTS) is 1. The number of carbonyl (C=O) groups excluding carboxylic acids is 1. The maximum atomic E-state index is 11.4. The van der Waals surface area contributed by atoms with Crippen LogP contribution in [-0.4, -0.2) is 38.6 Å². The van der Waals surface area contributed by atoms with Gasteiger partial charge in [0.15, 0.2) is 6.61 Å². The van der Waals surface area contributed by atoms with Crippen molar-refractivity contribution < 1.29 is 27.9 Å². The summed E-state index contributed by atoms with van der Waals surface area (Å²) in [6, 6.07) is 3.20. The predicted octanol–water partition coefficient (Wildman–Crippen LogP) is -0.0628. The van der Waals surface area contributed by atoms with Crippen molar-refractivity contribution >= 4 is 21.9 Å². The molecule has 0 aliphatic carbocycles. The molecule has 4 N–H and O–H groups in total. The number of aromatic carboxylic acids is 1. The zero-order valence-electron chi connectivity index (χ0n) is 11.3. The van der Waals surface area contributed by atoms with Crippen LogP contribution in [0.2, 0.25) is 0 Å². The third-order valence-corrected chi connectivity index (χ3v) is 3.36. The highest BCUT2D eigenvalue weighted by atomic mass is 32.2. The van der Waals surface area contributed by atoms with Crippen molar-refractivity contribution in [2.24, 2.45) is 5.14 Å². The molecular formula is C12H16N2O6S. The monoisotopic (exact) mass is 316 g/mol. The first-order valence-electron chi connectivity index (χ1n) is 6.05. The van der Waals surface area contributed by atoms with E-state index in [1.54, 1.807) is 0 Å². The van der Waals surface area contributed by atoms with Gasteiger partial charge in [0.2, 0.25) is 10.0 Å². The van der Waals surface area contributed by atoms with Gasteiger partial charge >= 0.3 is 5.97 Å². The maximum Gasteiger partial charge on any atom is 0.335 e. The van der Waals surface area contributed by atoms with Gasteiger partial charge < -0.3 is 15.2 Å². The minimum Gasteiger partial charge on any atom is -0.482 e. The van der Waals surface area contributed by atoms with Gasteiger partial charge in [0, 0.05) is 6.54 Å². The maximum absolute atomic E-state index is 11.4. The van der Waals surface area contributed by atoms with Crippen LogP contribution in [0.5, 0.6) is 5.75 Å². The summed E-state index contributed by atoms with van der Waals surface area (Å²) in [6.07, 6.45) is 0.751. The molecule has 0 aliphatic heterocycles. The van der Waals surface area contributed by atoms with Crippen LogP contribution in [0.3, 0.4) is 0 Å². The van der Waals surface area contributed by atoms with Gasteiger partial charge in [0.25, 0.3) is 5.91 Å². The minimum atomic E-state index is -4.17. The quantitative estimate of drug-likeness (QED) is 0.644. The van der Waals surface area contributed by atoms with Gasteiger partial charge in [0.05, 0.1) is 5.56 Å². The fourth-order valence-corrected chi connectivity index (χ4v) is 2.14. The lowest BCUT2D eigenvalue weighted by atomic mass is 10.2. The highest BCUT2D eigenvalue weighted by Crippen LogP contribution is 2.24. The van der Waals surface area contributed by atoms with E-state index in [2.05, 4.69) is 5.32 Å². The molecule has 0 saturated carbocycles. The van der Waals surface area contributed by atoms with Crippen molar-refractivity contribution in [3.05, 3.63) is 23.8 Å². The number of hydrogen-bond acceptors (Lipinski definition) is 5. The Morgan fingerprint density at radius 3 is 2.57 bits per heavy atom. The molecule has 1 aromatic carbocycles.